The number of ether oxygens (including phenoxy) is 7. The van der Waals surface area contributed by atoms with Gasteiger partial charge in [-0.05, 0) is 6.92 Å². The molecule has 0 bridgehead atoms. The summed E-state index contributed by atoms with van der Waals surface area (Å²) in [7, 11) is 0. The van der Waals surface area contributed by atoms with Crippen LogP contribution >= 0.6 is 0 Å². The normalized spacial score (nSPS) is 51.0. The molecule has 21 nitrogen and oxygen atoms in total. The maximum atomic E-state index is 11.8. The predicted molar refractivity (Wildman–Crippen MR) is 144 cm³/mol. The van der Waals surface area contributed by atoms with Crippen molar-refractivity contribution >= 4 is 5.91 Å². The van der Waals surface area contributed by atoms with Crippen LogP contribution in [0.15, 0.2) is 0 Å². The van der Waals surface area contributed by atoms with Crippen LogP contribution in [0, 0.1) is 0 Å². The van der Waals surface area contributed by atoms with Crippen molar-refractivity contribution in [3.8, 4) is 0 Å². The van der Waals surface area contributed by atoms with Gasteiger partial charge in [-0.3, -0.25) is 4.79 Å². The van der Waals surface area contributed by atoms with Crippen molar-refractivity contribution in [1.29, 1.82) is 0 Å². The molecule has 0 saturated carbocycles. The van der Waals surface area contributed by atoms with Gasteiger partial charge in [0.25, 0.3) is 0 Å². The van der Waals surface area contributed by atoms with Gasteiger partial charge in [0.1, 0.15) is 91.5 Å². The third kappa shape index (κ3) is 8.04. The minimum atomic E-state index is -2.05. The number of hydrogen-bond donors (Lipinski definition) is 13. The maximum Gasteiger partial charge on any atom is 0.217 e. The van der Waals surface area contributed by atoms with Gasteiger partial charge < -0.3 is 99.8 Å². The molecule has 21 heteroatoms. The third-order valence-electron chi connectivity index (χ3n) is 8.57. The number of carbonyl (C=O) groups is 1. The standard InChI is InChI=1S/C26H45NO20/c1-6-12(32)16(36)18(38)25(41-6)47-22-21(14(34)9(4-29)42-23(22)40)46-26-19(39)17(37)20(10(5-30)44-26)45-24-11(27-7(2)31)15(35)13(33)8(3-28)43-24/h6,8-26,28-30,32-40H,3-5H2,1-2H3,(H,27,31)/t6-,8+,9+,10+,11+,12+,13+,14-,15+,16+,17+,18-,19+,20-,21-,22+,23+,24+,25-,26-/m0/s1. The van der Waals surface area contributed by atoms with Gasteiger partial charge in [0.2, 0.25) is 5.91 Å². The minimum Gasteiger partial charge on any atom is -0.394 e. The molecule has 4 saturated heterocycles. The van der Waals surface area contributed by atoms with E-state index in [9.17, 15) is 66.1 Å². The van der Waals surface area contributed by atoms with E-state index in [1.165, 1.54) is 6.92 Å². The molecule has 0 radical (unpaired) electrons. The number of amides is 1. The smallest absolute Gasteiger partial charge is 0.217 e. The topological polar surface area (TPSA) is 336 Å². The molecule has 0 spiro atoms. The summed E-state index contributed by atoms with van der Waals surface area (Å²) in [6.45, 7) is -0.0665. The number of aliphatic hydroxyl groups is 12. The summed E-state index contributed by atoms with van der Waals surface area (Å²) in [5.74, 6) is -0.671. The number of nitrogens with one attached hydrogen (secondary N) is 1. The fraction of sp³-hybridized carbons (Fsp3) is 0.962. The average Bonchev–Trinajstić information content (AvgIpc) is 3.04. The summed E-state index contributed by atoms with van der Waals surface area (Å²) in [6.07, 6.45) is -32.3. The molecular formula is C26H45NO20. The first kappa shape index (κ1) is 38.5. The molecule has 4 heterocycles. The Bertz CT molecular complexity index is 1010. The van der Waals surface area contributed by atoms with Crippen molar-refractivity contribution in [3.63, 3.8) is 0 Å². The van der Waals surface area contributed by atoms with Gasteiger partial charge in [0.15, 0.2) is 25.2 Å². The Morgan fingerprint density at radius 3 is 1.66 bits per heavy atom. The van der Waals surface area contributed by atoms with E-state index in [-0.39, 0.29) is 0 Å². The lowest BCUT2D eigenvalue weighted by molar-refractivity contribution is -0.392. The molecule has 0 aromatic heterocycles. The van der Waals surface area contributed by atoms with E-state index in [1.807, 2.05) is 0 Å². The van der Waals surface area contributed by atoms with E-state index in [2.05, 4.69) is 5.32 Å². The van der Waals surface area contributed by atoms with Crippen LogP contribution in [0.25, 0.3) is 0 Å². The fourth-order valence-electron chi connectivity index (χ4n) is 5.87. The molecule has 0 aliphatic carbocycles. The van der Waals surface area contributed by atoms with Gasteiger partial charge in [-0.25, -0.2) is 0 Å². The van der Waals surface area contributed by atoms with Crippen molar-refractivity contribution in [2.45, 2.75) is 137 Å². The second-order valence-corrected chi connectivity index (χ2v) is 11.9. The first-order chi connectivity index (χ1) is 22.1. The fourth-order valence-corrected chi connectivity index (χ4v) is 5.87. The van der Waals surface area contributed by atoms with Crippen LogP contribution in [0.1, 0.15) is 13.8 Å². The minimum absolute atomic E-state index is 0.671. The number of hydrogen-bond acceptors (Lipinski definition) is 20. The number of aliphatic hydroxyl groups excluding tert-OH is 12. The van der Waals surface area contributed by atoms with E-state index in [0.29, 0.717) is 0 Å². The van der Waals surface area contributed by atoms with Crippen LogP contribution in [0.2, 0.25) is 0 Å². The third-order valence-corrected chi connectivity index (χ3v) is 8.57. The molecule has 4 fully saturated rings. The van der Waals surface area contributed by atoms with Gasteiger partial charge in [-0.1, -0.05) is 0 Å². The lowest BCUT2D eigenvalue weighted by Gasteiger charge is -2.49. The molecule has 0 aromatic rings. The van der Waals surface area contributed by atoms with Crippen LogP contribution in [-0.2, 0) is 38.0 Å². The van der Waals surface area contributed by atoms with Crippen LogP contribution in [0.3, 0.4) is 0 Å². The van der Waals surface area contributed by atoms with Crippen molar-refractivity contribution < 1.29 is 99.2 Å². The highest BCUT2D eigenvalue weighted by molar-refractivity contribution is 5.73. The highest BCUT2D eigenvalue weighted by Gasteiger charge is 2.55. The Morgan fingerprint density at radius 1 is 0.553 bits per heavy atom. The highest BCUT2D eigenvalue weighted by Crippen LogP contribution is 2.34. The number of rotatable bonds is 10. The summed E-state index contributed by atoms with van der Waals surface area (Å²) in [6, 6.07) is -1.45. The van der Waals surface area contributed by atoms with Gasteiger partial charge in [0.05, 0.1) is 25.9 Å². The van der Waals surface area contributed by atoms with E-state index < -0.39 is 148 Å². The predicted octanol–water partition coefficient (Wildman–Crippen LogP) is -8.58. The lowest BCUT2D eigenvalue weighted by Crippen LogP contribution is -2.68. The van der Waals surface area contributed by atoms with E-state index >= 15 is 0 Å². The largest absolute Gasteiger partial charge is 0.394 e. The van der Waals surface area contributed by atoms with Crippen molar-refractivity contribution in [1.82, 2.24) is 5.32 Å². The molecule has 47 heavy (non-hydrogen) atoms. The van der Waals surface area contributed by atoms with Crippen molar-refractivity contribution in [3.05, 3.63) is 0 Å². The quantitative estimate of drug-likeness (QED) is 0.101. The zero-order valence-electron chi connectivity index (χ0n) is 25.3. The Balaban J connectivity index is 1.54. The highest BCUT2D eigenvalue weighted by atomic mass is 16.8. The maximum absolute atomic E-state index is 11.8. The van der Waals surface area contributed by atoms with Crippen molar-refractivity contribution in [2.24, 2.45) is 0 Å². The van der Waals surface area contributed by atoms with Crippen LogP contribution < -0.4 is 5.32 Å². The van der Waals surface area contributed by atoms with E-state index in [0.717, 1.165) is 6.92 Å². The molecule has 4 aliphatic rings. The molecule has 0 unspecified atom stereocenters. The molecule has 1 amide bonds. The van der Waals surface area contributed by atoms with Gasteiger partial charge in [-0.15, -0.1) is 0 Å². The summed E-state index contributed by atoms with van der Waals surface area (Å²) in [5, 5.41) is 127. The molecular weight excluding hydrogens is 646 g/mol. The van der Waals surface area contributed by atoms with Crippen LogP contribution in [0.4, 0.5) is 0 Å². The van der Waals surface area contributed by atoms with Gasteiger partial charge in [0, 0.05) is 6.92 Å². The first-order valence-corrected chi connectivity index (χ1v) is 15.0. The van der Waals surface area contributed by atoms with Crippen LogP contribution in [0.5, 0.6) is 0 Å². The molecule has 4 aliphatic heterocycles. The Hall–Kier alpha value is -1.29. The van der Waals surface area contributed by atoms with Gasteiger partial charge in [-0.2, -0.15) is 0 Å². The molecule has 0 aromatic carbocycles. The monoisotopic (exact) mass is 691 g/mol. The summed E-state index contributed by atoms with van der Waals surface area (Å²) >= 11 is 0. The second-order valence-electron chi connectivity index (χ2n) is 11.9. The number of carbonyl (C=O) groups excluding carboxylic acids is 1. The zero-order valence-corrected chi connectivity index (χ0v) is 25.3. The molecule has 4 rings (SSSR count). The molecule has 274 valence electrons. The van der Waals surface area contributed by atoms with E-state index in [4.69, 9.17) is 33.2 Å². The summed E-state index contributed by atoms with van der Waals surface area (Å²) in [5.41, 5.74) is 0. The Morgan fingerprint density at radius 2 is 1.06 bits per heavy atom. The summed E-state index contributed by atoms with van der Waals surface area (Å²) in [4.78, 5) is 11.8. The zero-order chi connectivity index (χ0) is 34.9. The molecule has 20 atom stereocenters. The van der Waals surface area contributed by atoms with Crippen LogP contribution in [-0.4, -0.2) is 210 Å². The van der Waals surface area contributed by atoms with Crippen molar-refractivity contribution in [2.75, 3.05) is 19.8 Å². The summed E-state index contributed by atoms with van der Waals surface area (Å²) < 4.78 is 38.8. The molecule has 13 N–H and O–H groups in total. The van der Waals surface area contributed by atoms with E-state index in [1.54, 1.807) is 0 Å². The van der Waals surface area contributed by atoms with Gasteiger partial charge >= 0.3 is 0 Å². The SMILES string of the molecule is CC(=O)N[C@H]1[C@@H](O[C@@H]2[C@H](O)[C@@H](O)[C@H](O[C@H]3[C@@H](O)[C@@H](CO)O[C@@H](O)[C@@H]3O[C@@H]3O[C@@H](C)[C@@H](O)[C@@H](O)[C@@H]3O)O[C@@H]2CO)O[C@H](CO)[C@@H](O)[C@@H]1O. The Labute approximate surface area is 267 Å². The first-order valence-electron chi connectivity index (χ1n) is 15.0. The Kier molecular flexibility index (Phi) is 13.2. The average molecular weight is 692 g/mol. The lowest BCUT2D eigenvalue weighted by atomic mass is 9.95. The second kappa shape index (κ2) is 16.2.